The van der Waals surface area contributed by atoms with Crippen LogP contribution in [0.2, 0.25) is 5.02 Å². The number of hydrogen-bond acceptors (Lipinski definition) is 2. The monoisotopic (exact) mass is 184 g/mol. The van der Waals surface area contributed by atoms with Crippen LogP contribution in [0, 0.1) is 0 Å². The van der Waals surface area contributed by atoms with Gasteiger partial charge in [-0.15, -0.1) is 0 Å². The lowest BCUT2D eigenvalue weighted by molar-refractivity contribution is 1.26. The number of rotatable bonds is 1. The molecule has 0 bridgehead atoms. The van der Waals surface area contributed by atoms with Gasteiger partial charge in [-0.05, 0) is 6.07 Å². The lowest BCUT2D eigenvalue weighted by atomic mass is 10.2. The minimum absolute atomic E-state index is 0.664. The predicted molar refractivity (Wildman–Crippen MR) is 54.6 cm³/mol. The van der Waals surface area contributed by atoms with E-state index in [1.165, 1.54) is 6.21 Å². The summed E-state index contributed by atoms with van der Waals surface area (Å²) in [6.07, 6.45) is 1.52. The molecule has 1 aromatic rings. The molecule has 0 spiro atoms. The highest BCUT2D eigenvalue weighted by Crippen LogP contribution is 2.11. The van der Waals surface area contributed by atoms with Crippen LogP contribution in [-0.2, 0) is 0 Å². The number of benzene rings is 1. The first kappa shape index (κ1) is 11.0. The first-order chi connectivity index (χ1) is 5.84. The third kappa shape index (κ3) is 3.39. The van der Waals surface area contributed by atoms with Gasteiger partial charge in [-0.1, -0.05) is 43.6 Å². The standard InChI is InChI=1S/C7H7ClN2.C2H6/c8-7-4-2-1-3-6(7)5-10-9;1-2/h1-5H,9H2;1-2H3/b10-5+;. The molecular weight excluding hydrogens is 172 g/mol. The molecule has 0 radical (unpaired) electrons. The summed E-state index contributed by atoms with van der Waals surface area (Å²) in [5.41, 5.74) is 0.840. The van der Waals surface area contributed by atoms with Gasteiger partial charge >= 0.3 is 0 Å². The Bertz CT molecular complexity index is 246. The Morgan fingerprint density at radius 2 is 1.92 bits per heavy atom. The Morgan fingerprint density at radius 1 is 1.33 bits per heavy atom. The van der Waals surface area contributed by atoms with Crippen molar-refractivity contribution in [1.82, 2.24) is 0 Å². The number of hydrazone groups is 1. The van der Waals surface area contributed by atoms with Crippen LogP contribution in [0.1, 0.15) is 19.4 Å². The third-order valence-electron chi connectivity index (χ3n) is 1.12. The molecule has 0 aliphatic carbocycles. The molecule has 0 aromatic heterocycles. The zero-order chi connectivity index (χ0) is 9.40. The average molecular weight is 185 g/mol. The van der Waals surface area contributed by atoms with Gasteiger partial charge in [0.05, 0.1) is 6.21 Å². The van der Waals surface area contributed by atoms with Crippen LogP contribution >= 0.6 is 11.6 Å². The second-order valence-corrected chi connectivity index (χ2v) is 2.21. The molecule has 0 unspecified atom stereocenters. The van der Waals surface area contributed by atoms with Crippen LogP contribution in [0.5, 0.6) is 0 Å². The van der Waals surface area contributed by atoms with E-state index in [4.69, 9.17) is 17.4 Å². The highest BCUT2D eigenvalue weighted by molar-refractivity contribution is 6.33. The number of nitrogens with two attached hydrogens (primary N) is 1. The third-order valence-corrected chi connectivity index (χ3v) is 1.46. The summed E-state index contributed by atoms with van der Waals surface area (Å²) in [4.78, 5) is 0. The Labute approximate surface area is 78.0 Å². The molecule has 0 fully saturated rings. The molecule has 12 heavy (non-hydrogen) atoms. The number of halogens is 1. The van der Waals surface area contributed by atoms with Gasteiger partial charge in [0.25, 0.3) is 0 Å². The van der Waals surface area contributed by atoms with E-state index in [2.05, 4.69) is 5.10 Å². The van der Waals surface area contributed by atoms with E-state index < -0.39 is 0 Å². The van der Waals surface area contributed by atoms with E-state index in [1.54, 1.807) is 6.07 Å². The minimum atomic E-state index is 0.664. The molecule has 2 nitrogen and oxygen atoms in total. The fraction of sp³-hybridized carbons (Fsp3) is 0.222. The Kier molecular flexibility index (Phi) is 6.11. The van der Waals surface area contributed by atoms with Gasteiger partial charge in [-0.25, -0.2) is 0 Å². The fourth-order valence-electron chi connectivity index (χ4n) is 0.660. The highest BCUT2D eigenvalue weighted by atomic mass is 35.5. The zero-order valence-corrected chi connectivity index (χ0v) is 8.05. The Hall–Kier alpha value is -1.02. The maximum absolute atomic E-state index is 5.76. The topological polar surface area (TPSA) is 38.4 Å². The van der Waals surface area contributed by atoms with Gasteiger partial charge in [0.15, 0.2) is 0 Å². The first-order valence-corrected chi connectivity index (χ1v) is 4.20. The van der Waals surface area contributed by atoms with Crippen molar-refractivity contribution >= 4 is 17.8 Å². The quantitative estimate of drug-likeness (QED) is 0.407. The fourth-order valence-corrected chi connectivity index (χ4v) is 0.845. The lowest BCUT2D eigenvalue weighted by Crippen LogP contribution is -1.86. The van der Waals surface area contributed by atoms with E-state index in [0.29, 0.717) is 5.02 Å². The van der Waals surface area contributed by atoms with Crippen molar-refractivity contribution in [2.75, 3.05) is 0 Å². The van der Waals surface area contributed by atoms with Crippen molar-refractivity contribution in [3.05, 3.63) is 34.9 Å². The summed E-state index contributed by atoms with van der Waals surface area (Å²) in [5, 5.41) is 4.02. The number of nitrogens with zero attached hydrogens (tertiary/aromatic N) is 1. The molecule has 1 aromatic carbocycles. The molecule has 0 heterocycles. The molecule has 0 atom stereocenters. The van der Waals surface area contributed by atoms with E-state index in [1.807, 2.05) is 32.0 Å². The SMILES string of the molecule is CC.N/N=C/c1ccccc1Cl. The molecule has 1 rings (SSSR count). The van der Waals surface area contributed by atoms with Gasteiger partial charge in [-0.3, -0.25) is 0 Å². The lowest BCUT2D eigenvalue weighted by Gasteiger charge is -1.92. The molecule has 66 valence electrons. The van der Waals surface area contributed by atoms with E-state index >= 15 is 0 Å². The maximum Gasteiger partial charge on any atom is 0.0553 e. The van der Waals surface area contributed by atoms with Crippen LogP contribution < -0.4 is 5.84 Å². The molecule has 0 saturated heterocycles. The smallest absolute Gasteiger partial charge is 0.0553 e. The predicted octanol–water partition coefficient (Wildman–Crippen LogP) is 2.66. The van der Waals surface area contributed by atoms with Crippen LogP contribution in [0.15, 0.2) is 29.4 Å². The normalized spacial score (nSPS) is 9.25. The van der Waals surface area contributed by atoms with Crippen molar-refractivity contribution in [3.8, 4) is 0 Å². The second kappa shape index (κ2) is 6.68. The molecule has 3 heteroatoms. The molecule has 0 aliphatic heterocycles. The molecule has 0 amide bonds. The van der Waals surface area contributed by atoms with Gasteiger partial charge in [0.2, 0.25) is 0 Å². The average Bonchev–Trinajstić information content (AvgIpc) is 2.13. The van der Waals surface area contributed by atoms with Gasteiger partial charge < -0.3 is 5.84 Å². The molecule has 0 saturated carbocycles. The second-order valence-electron chi connectivity index (χ2n) is 1.80. The van der Waals surface area contributed by atoms with E-state index in [9.17, 15) is 0 Å². The van der Waals surface area contributed by atoms with Crippen LogP contribution in [0.25, 0.3) is 0 Å². The molecule has 0 aliphatic rings. The Balaban J connectivity index is 0.000000561. The molecular formula is C9H13ClN2. The zero-order valence-electron chi connectivity index (χ0n) is 7.29. The highest BCUT2D eigenvalue weighted by Gasteiger charge is 1.91. The van der Waals surface area contributed by atoms with E-state index in [-0.39, 0.29) is 0 Å². The van der Waals surface area contributed by atoms with Crippen LogP contribution in [0.3, 0.4) is 0 Å². The minimum Gasteiger partial charge on any atom is -0.323 e. The van der Waals surface area contributed by atoms with Gasteiger partial charge in [0, 0.05) is 10.6 Å². The summed E-state index contributed by atoms with van der Waals surface area (Å²) >= 11 is 5.76. The van der Waals surface area contributed by atoms with Crippen molar-refractivity contribution in [2.45, 2.75) is 13.8 Å². The van der Waals surface area contributed by atoms with E-state index in [0.717, 1.165) is 5.56 Å². The maximum atomic E-state index is 5.76. The number of hydrogen-bond donors (Lipinski definition) is 1. The van der Waals surface area contributed by atoms with Gasteiger partial charge in [0.1, 0.15) is 0 Å². The summed E-state index contributed by atoms with van der Waals surface area (Å²) < 4.78 is 0. The van der Waals surface area contributed by atoms with Crippen molar-refractivity contribution in [2.24, 2.45) is 10.9 Å². The summed E-state index contributed by atoms with van der Waals surface area (Å²) in [7, 11) is 0. The Morgan fingerprint density at radius 3 is 2.42 bits per heavy atom. The van der Waals surface area contributed by atoms with Crippen molar-refractivity contribution in [3.63, 3.8) is 0 Å². The summed E-state index contributed by atoms with van der Waals surface area (Å²) in [6, 6.07) is 7.37. The van der Waals surface area contributed by atoms with Crippen molar-refractivity contribution < 1.29 is 0 Å². The summed E-state index contributed by atoms with van der Waals surface area (Å²) in [6.45, 7) is 4.00. The largest absolute Gasteiger partial charge is 0.323 e. The summed E-state index contributed by atoms with van der Waals surface area (Å²) in [5.74, 6) is 4.94. The van der Waals surface area contributed by atoms with Crippen LogP contribution in [0.4, 0.5) is 0 Å². The van der Waals surface area contributed by atoms with Crippen molar-refractivity contribution in [1.29, 1.82) is 0 Å². The first-order valence-electron chi connectivity index (χ1n) is 3.82. The van der Waals surface area contributed by atoms with Crippen LogP contribution in [-0.4, -0.2) is 6.21 Å². The molecule has 2 N–H and O–H groups in total. The van der Waals surface area contributed by atoms with Gasteiger partial charge in [-0.2, -0.15) is 5.10 Å².